The number of para-hydroxylation sites is 2. The van der Waals surface area contributed by atoms with Gasteiger partial charge in [0.15, 0.2) is 0 Å². The molecule has 3 rings (SSSR count). The summed E-state index contributed by atoms with van der Waals surface area (Å²) in [5.74, 6) is -0.181. The highest BCUT2D eigenvalue weighted by molar-refractivity contribution is 6.07. The molecule has 0 bridgehead atoms. The highest BCUT2D eigenvalue weighted by atomic mass is 16.1. The van der Waals surface area contributed by atoms with Crippen molar-refractivity contribution >= 4 is 28.7 Å². The van der Waals surface area contributed by atoms with Crippen LogP contribution in [0.25, 0.3) is 0 Å². The van der Waals surface area contributed by atoms with Crippen LogP contribution in [0.5, 0.6) is 0 Å². The molecule has 5 nitrogen and oxygen atoms in total. The fourth-order valence-corrected chi connectivity index (χ4v) is 3.17. The molecule has 0 radical (unpaired) electrons. The number of rotatable bonds is 7. The summed E-state index contributed by atoms with van der Waals surface area (Å²) in [7, 11) is 0. The standard InChI is InChI=1S/C26H26N4O/c1-18(2)24-11-7-8-19(3)25(24)30-26(31)20(16-27)17-28-21-12-14-23(15-13-21)29-22-9-5-4-6-10-22/h4-15,17-18,28-29H,1-3H3,(H,30,31)/b20-17-. The van der Waals surface area contributed by atoms with Crippen LogP contribution in [0.4, 0.5) is 22.7 Å². The van der Waals surface area contributed by atoms with Gasteiger partial charge in [-0.15, -0.1) is 0 Å². The Morgan fingerprint density at radius 2 is 1.55 bits per heavy atom. The van der Waals surface area contributed by atoms with Gasteiger partial charge in [-0.25, -0.2) is 0 Å². The van der Waals surface area contributed by atoms with Crippen LogP contribution in [0.3, 0.4) is 0 Å². The van der Waals surface area contributed by atoms with Crippen LogP contribution in [-0.4, -0.2) is 5.91 Å². The van der Waals surface area contributed by atoms with Gasteiger partial charge in [-0.3, -0.25) is 4.79 Å². The summed E-state index contributed by atoms with van der Waals surface area (Å²) in [5.41, 5.74) is 5.50. The molecule has 3 aromatic rings. The van der Waals surface area contributed by atoms with Crippen LogP contribution >= 0.6 is 0 Å². The van der Waals surface area contributed by atoms with Crippen molar-refractivity contribution < 1.29 is 4.79 Å². The Labute approximate surface area is 183 Å². The largest absolute Gasteiger partial charge is 0.360 e. The number of aryl methyl sites for hydroxylation is 1. The topological polar surface area (TPSA) is 77.0 Å². The van der Waals surface area contributed by atoms with E-state index in [1.54, 1.807) is 0 Å². The maximum Gasteiger partial charge on any atom is 0.267 e. The second-order valence-corrected chi connectivity index (χ2v) is 7.53. The Bertz CT molecular complexity index is 1110. The van der Waals surface area contributed by atoms with Crippen molar-refractivity contribution in [1.82, 2.24) is 0 Å². The van der Waals surface area contributed by atoms with Gasteiger partial charge in [0.05, 0.1) is 0 Å². The van der Waals surface area contributed by atoms with Gasteiger partial charge in [0, 0.05) is 28.9 Å². The van der Waals surface area contributed by atoms with E-state index in [2.05, 4.69) is 29.8 Å². The number of nitrogens with zero attached hydrogens (tertiary/aromatic N) is 1. The minimum atomic E-state index is -0.437. The Kier molecular flexibility index (Phi) is 7.08. The lowest BCUT2D eigenvalue weighted by Crippen LogP contribution is -2.17. The molecule has 0 heterocycles. The average Bonchev–Trinajstić information content (AvgIpc) is 2.77. The van der Waals surface area contributed by atoms with Crippen molar-refractivity contribution in [2.75, 3.05) is 16.0 Å². The quantitative estimate of drug-likeness (QED) is 0.315. The second-order valence-electron chi connectivity index (χ2n) is 7.53. The highest BCUT2D eigenvalue weighted by Crippen LogP contribution is 2.27. The molecule has 0 aliphatic rings. The fraction of sp³-hybridized carbons (Fsp3) is 0.154. The molecule has 0 aliphatic carbocycles. The number of amides is 1. The van der Waals surface area contributed by atoms with Gasteiger partial charge in [-0.1, -0.05) is 50.2 Å². The molecule has 0 aliphatic heterocycles. The van der Waals surface area contributed by atoms with Gasteiger partial charge in [-0.05, 0) is 60.4 Å². The Morgan fingerprint density at radius 3 is 2.19 bits per heavy atom. The number of carbonyl (C=O) groups is 1. The normalized spacial score (nSPS) is 11.0. The van der Waals surface area contributed by atoms with E-state index in [4.69, 9.17) is 0 Å². The lowest BCUT2D eigenvalue weighted by atomic mass is 9.98. The number of nitriles is 1. The van der Waals surface area contributed by atoms with Gasteiger partial charge in [0.2, 0.25) is 0 Å². The molecule has 3 aromatic carbocycles. The van der Waals surface area contributed by atoms with Crippen molar-refractivity contribution in [2.45, 2.75) is 26.7 Å². The first-order chi connectivity index (χ1) is 15.0. The number of nitrogens with one attached hydrogen (secondary N) is 3. The molecular weight excluding hydrogens is 384 g/mol. The van der Waals surface area contributed by atoms with Crippen molar-refractivity contribution in [3.8, 4) is 6.07 Å². The smallest absolute Gasteiger partial charge is 0.267 e. The lowest BCUT2D eigenvalue weighted by molar-refractivity contribution is -0.112. The van der Waals surface area contributed by atoms with E-state index in [1.807, 2.05) is 85.8 Å². The zero-order valence-corrected chi connectivity index (χ0v) is 17.9. The van der Waals surface area contributed by atoms with E-state index in [0.717, 1.165) is 33.9 Å². The fourth-order valence-electron chi connectivity index (χ4n) is 3.17. The third-order valence-electron chi connectivity index (χ3n) is 4.86. The zero-order chi connectivity index (χ0) is 22.2. The number of benzene rings is 3. The molecule has 0 unspecified atom stereocenters. The van der Waals surface area contributed by atoms with Crippen molar-refractivity contribution in [2.24, 2.45) is 0 Å². The number of hydrogen-bond donors (Lipinski definition) is 3. The second kappa shape index (κ2) is 10.1. The molecule has 5 heteroatoms. The van der Waals surface area contributed by atoms with Gasteiger partial charge in [0.1, 0.15) is 11.6 Å². The van der Waals surface area contributed by atoms with E-state index in [0.29, 0.717) is 0 Å². The predicted octanol–water partition coefficient (Wildman–Crippen LogP) is 6.32. The number of hydrogen-bond acceptors (Lipinski definition) is 4. The predicted molar refractivity (Wildman–Crippen MR) is 127 cm³/mol. The van der Waals surface area contributed by atoms with Crippen LogP contribution < -0.4 is 16.0 Å². The maximum absolute atomic E-state index is 12.7. The molecule has 0 saturated heterocycles. The molecule has 3 N–H and O–H groups in total. The van der Waals surface area contributed by atoms with Crippen molar-refractivity contribution in [1.29, 1.82) is 5.26 Å². The first-order valence-corrected chi connectivity index (χ1v) is 10.2. The SMILES string of the molecule is Cc1cccc(C(C)C)c1NC(=O)/C(C#N)=C\Nc1ccc(Nc2ccccc2)cc1. The Balaban J connectivity index is 1.68. The van der Waals surface area contributed by atoms with E-state index < -0.39 is 5.91 Å². The minimum absolute atomic E-state index is 0.00412. The molecule has 156 valence electrons. The maximum atomic E-state index is 12.7. The van der Waals surface area contributed by atoms with Gasteiger partial charge < -0.3 is 16.0 Å². The van der Waals surface area contributed by atoms with E-state index in [1.165, 1.54) is 6.20 Å². The monoisotopic (exact) mass is 410 g/mol. The van der Waals surface area contributed by atoms with Crippen LogP contribution in [0.2, 0.25) is 0 Å². The molecule has 0 spiro atoms. The summed E-state index contributed by atoms with van der Waals surface area (Å²) in [5, 5.41) is 18.7. The van der Waals surface area contributed by atoms with Crippen LogP contribution in [0.1, 0.15) is 30.9 Å². The third-order valence-corrected chi connectivity index (χ3v) is 4.86. The summed E-state index contributed by atoms with van der Waals surface area (Å²) in [6.07, 6.45) is 1.43. The molecule has 0 fully saturated rings. The van der Waals surface area contributed by atoms with Crippen molar-refractivity contribution in [3.05, 3.63) is 95.7 Å². The van der Waals surface area contributed by atoms with Gasteiger partial charge >= 0.3 is 0 Å². The van der Waals surface area contributed by atoms with E-state index in [-0.39, 0.29) is 11.5 Å². The van der Waals surface area contributed by atoms with E-state index in [9.17, 15) is 10.1 Å². The molecule has 0 atom stereocenters. The molecular formula is C26H26N4O. The van der Waals surface area contributed by atoms with Gasteiger partial charge in [0.25, 0.3) is 5.91 Å². The Hall–Kier alpha value is -4.04. The minimum Gasteiger partial charge on any atom is -0.360 e. The van der Waals surface area contributed by atoms with Crippen LogP contribution in [0.15, 0.2) is 84.6 Å². The third kappa shape index (κ3) is 5.74. The average molecular weight is 411 g/mol. The first kappa shape index (κ1) is 21.7. The molecule has 1 amide bonds. The summed E-state index contributed by atoms with van der Waals surface area (Å²) < 4.78 is 0. The Morgan fingerprint density at radius 1 is 0.903 bits per heavy atom. The molecule has 0 saturated carbocycles. The summed E-state index contributed by atoms with van der Waals surface area (Å²) in [4.78, 5) is 12.7. The van der Waals surface area contributed by atoms with E-state index >= 15 is 0 Å². The first-order valence-electron chi connectivity index (χ1n) is 10.2. The summed E-state index contributed by atoms with van der Waals surface area (Å²) in [6, 6.07) is 25.4. The summed E-state index contributed by atoms with van der Waals surface area (Å²) in [6.45, 7) is 6.09. The van der Waals surface area contributed by atoms with Crippen LogP contribution in [-0.2, 0) is 4.79 Å². The number of anilines is 4. The van der Waals surface area contributed by atoms with Crippen LogP contribution in [0, 0.1) is 18.3 Å². The zero-order valence-electron chi connectivity index (χ0n) is 17.9. The van der Waals surface area contributed by atoms with Gasteiger partial charge in [-0.2, -0.15) is 5.26 Å². The molecule has 0 aromatic heterocycles. The molecule has 31 heavy (non-hydrogen) atoms. The lowest BCUT2D eigenvalue weighted by Gasteiger charge is -2.16. The van der Waals surface area contributed by atoms with Crippen molar-refractivity contribution in [3.63, 3.8) is 0 Å². The summed E-state index contributed by atoms with van der Waals surface area (Å²) >= 11 is 0. The number of carbonyl (C=O) groups excluding carboxylic acids is 1. The highest BCUT2D eigenvalue weighted by Gasteiger charge is 2.15.